The van der Waals surface area contributed by atoms with Gasteiger partial charge in [-0.2, -0.15) is 0 Å². The predicted octanol–water partition coefficient (Wildman–Crippen LogP) is 6.51. The van der Waals surface area contributed by atoms with E-state index in [2.05, 4.69) is 75.4 Å². The molecule has 37 heavy (non-hydrogen) atoms. The molecule has 0 N–H and O–H groups in total. The average molecular weight is 496 g/mol. The number of anilines is 1. The van der Waals surface area contributed by atoms with E-state index in [1.165, 1.54) is 55.1 Å². The summed E-state index contributed by atoms with van der Waals surface area (Å²) in [4.78, 5) is 16.2. The summed E-state index contributed by atoms with van der Waals surface area (Å²) in [5, 5.41) is 0. The standard InChI is InChI=1S/C33H42BNO2/c1-3-4-5-6-7-8-10-25-15-20-29(21-16-25)35(24-26-13-18-28(34)19-14-26)33(36)31-12-9-11-27-17-22-30(37-2)23-32(27)31/h13-23,31H,3-12,24,34H2,1-2H3. The molecular formula is C33H42BNO2. The molecule has 0 saturated carbocycles. The number of unbranched alkanes of at least 4 members (excludes halogenated alkanes) is 5. The van der Waals surface area contributed by atoms with Crippen LogP contribution in [0.3, 0.4) is 0 Å². The fourth-order valence-electron chi connectivity index (χ4n) is 5.47. The van der Waals surface area contributed by atoms with Gasteiger partial charge in [0.15, 0.2) is 0 Å². The summed E-state index contributed by atoms with van der Waals surface area (Å²) >= 11 is 0. The van der Waals surface area contributed by atoms with Crippen molar-refractivity contribution >= 4 is 24.9 Å². The first-order valence-electron chi connectivity index (χ1n) is 14.2. The molecule has 1 amide bonds. The van der Waals surface area contributed by atoms with Crippen LogP contribution in [0.15, 0.2) is 66.7 Å². The highest BCUT2D eigenvalue weighted by Crippen LogP contribution is 2.36. The minimum absolute atomic E-state index is 0.146. The van der Waals surface area contributed by atoms with Crippen molar-refractivity contribution in [3.63, 3.8) is 0 Å². The van der Waals surface area contributed by atoms with Gasteiger partial charge in [0.25, 0.3) is 0 Å². The molecule has 194 valence electrons. The second-order valence-corrected chi connectivity index (χ2v) is 10.6. The van der Waals surface area contributed by atoms with E-state index in [1.54, 1.807) is 7.11 Å². The lowest BCUT2D eigenvalue weighted by Crippen LogP contribution is -2.36. The molecule has 0 fully saturated rings. The van der Waals surface area contributed by atoms with E-state index in [0.717, 1.165) is 48.2 Å². The molecule has 0 aliphatic heterocycles. The molecular weight excluding hydrogens is 453 g/mol. The van der Waals surface area contributed by atoms with Crippen molar-refractivity contribution in [2.24, 2.45) is 0 Å². The zero-order valence-electron chi connectivity index (χ0n) is 23.0. The van der Waals surface area contributed by atoms with Crippen molar-refractivity contribution in [3.05, 3.63) is 89.0 Å². The van der Waals surface area contributed by atoms with Gasteiger partial charge in [0.05, 0.1) is 19.6 Å². The van der Waals surface area contributed by atoms with Gasteiger partial charge >= 0.3 is 0 Å². The van der Waals surface area contributed by atoms with Crippen molar-refractivity contribution < 1.29 is 9.53 Å². The number of carbonyl (C=O) groups excluding carboxylic acids is 1. The molecule has 0 saturated heterocycles. The molecule has 0 spiro atoms. The van der Waals surface area contributed by atoms with E-state index in [0.29, 0.717) is 6.54 Å². The van der Waals surface area contributed by atoms with Crippen molar-refractivity contribution in [2.45, 2.75) is 83.6 Å². The Morgan fingerprint density at radius 2 is 1.62 bits per heavy atom. The van der Waals surface area contributed by atoms with Crippen molar-refractivity contribution in [2.75, 3.05) is 12.0 Å². The third-order valence-corrected chi connectivity index (χ3v) is 7.76. The number of nitrogens with zero attached hydrogens (tertiary/aromatic N) is 1. The van der Waals surface area contributed by atoms with E-state index in [-0.39, 0.29) is 11.8 Å². The normalized spacial score (nSPS) is 14.7. The Kier molecular flexibility index (Phi) is 9.88. The fraction of sp³-hybridized carbons (Fsp3) is 0.424. The van der Waals surface area contributed by atoms with Crippen LogP contribution >= 0.6 is 0 Å². The van der Waals surface area contributed by atoms with Crippen molar-refractivity contribution in [3.8, 4) is 5.75 Å². The van der Waals surface area contributed by atoms with E-state index in [4.69, 9.17) is 4.74 Å². The first-order chi connectivity index (χ1) is 18.1. The van der Waals surface area contributed by atoms with Crippen LogP contribution < -0.4 is 15.1 Å². The summed E-state index contributed by atoms with van der Waals surface area (Å²) < 4.78 is 5.51. The molecule has 3 nitrogen and oxygen atoms in total. The summed E-state index contributed by atoms with van der Waals surface area (Å²) in [6.07, 6.45) is 11.9. The summed E-state index contributed by atoms with van der Waals surface area (Å²) in [7, 11) is 3.79. The minimum atomic E-state index is -0.146. The smallest absolute Gasteiger partial charge is 0.234 e. The van der Waals surface area contributed by atoms with Crippen LogP contribution in [-0.2, 0) is 24.2 Å². The maximum Gasteiger partial charge on any atom is 0.234 e. The van der Waals surface area contributed by atoms with Crippen LogP contribution in [0, 0.1) is 0 Å². The van der Waals surface area contributed by atoms with Gasteiger partial charge in [-0.15, -0.1) is 0 Å². The Hall–Kier alpha value is -3.01. The second-order valence-electron chi connectivity index (χ2n) is 10.6. The Labute approximate surface area is 224 Å². The highest BCUT2D eigenvalue weighted by atomic mass is 16.5. The van der Waals surface area contributed by atoms with Crippen LogP contribution in [-0.4, -0.2) is 20.9 Å². The van der Waals surface area contributed by atoms with Gasteiger partial charge in [0.1, 0.15) is 13.6 Å². The molecule has 1 aliphatic rings. The van der Waals surface area contributed by atoms with Gasteiger partial charge in [-0.25, -0.2) is 0 Å². The monoisotopic (exact) mass is 495 g/mol. The lowest BCUT2D eigenvalue weighted by atomic mass is 9.81. The lowest BCUT2D eigenvalue weighted by Gasteiger charge is -2.31. The Morgan fingerprint density at radius 1 is 0.919 bits per heavy atom. The molecule has 4 heteroatoms. The molecule has 0 heterocycles. The highest BCUT2D eigenvalue weighted by molar-refractivity contribution is 6.32. The van der Waals surface area contributed by atoms with Gasteiger partial charge in [-0.3, -0.25) is 4.79 Å². The first-order valence-corrected chi connectivity index (χ1v) is 14.2. The molecule has 1 aliphatic carbocycles. The number of benzene rings is 3. The number of rotatable bonds is 12. The number of ether oxygens (including phenoxy) is 1. The number of methoxy groups -OCH3 is 1. The summed E-state index contributed by atoms with van der Waals surface area (Å²) in [5.41, 5.74) is 7.12. The zero-order chi connectivity index (χ0) is 26.0. The summed E-state index contributed by atoms with van der Waals surface area (Å²) in [6.45, 7) is 2.84. The SMILES string of the molecule is Bc1ccc(CN(C(=O)C2CCCc3ccc(OC)cc32)c2ccc(CCCCCCCC)cc2)cc1. The van der Waals surface area contributed by atoms with E-state index >= 15 is 0 Å². The van der Waals surface area contributed by atoms with Crippen LogP contribution in [0.4, 0.5) is 5.69 Å². The number of hydrogen-bond acceptors (Lipinski definition) is 2. The number of amides is 1. The molecule has 0 bridgehead atoms. The van der Waals surface area contributed by atoms with Gasteiger partial charge in [-0.1, -0.05) is 87.0 Å². The topological polar surface area (TPSA) is 29.5 Å². The van der Waals surface area contributed by atoms with E-state index in [9.17, 15) is 4.79 Å². The van der Waals surface area contributed by atoms with Crippen LogP contribution in [0.5, 0.6) is 5.75 Å². The highest BCUT2D eigenvalue weighted by Gasteiger charge is 2.31. The molecule has 0 aromatic heterocycles. The maximum atomic E-state index is 14.2. The predicted molar refractivity (Wildman–Crippen MR) is 158 cm³/mol. The molecule has 3 aromatic carbocycles. The Morgan fingerprint density at radius 3 is 2.35 bits per heavy atom. The summed E-state index contributed by atoms with van der Waals surface area (Å²) in [6, 6.07) is 23.5. The number of carbonyl (C=O) groups is 1. The zero-order valence-corrected chi connectivity index (χ0v) is 23.0. The quantitative estimate of drug-likeness (QED) is 0.212. The minimum Gasteiger partial charge on any atom is -0.497 e. The van der Waals surface area contributed by atoms with Gasteiger partial charge in [0, 0.05) is 5.69 Å². The van der Waals surface area contributed by atoms with E-state index < -0.39 is 0 Å². The summed E-state index contributed by atoms with van der Waals surface area (Å²) in [5.74, 6) is 0.855. The number of aryl methyl sites for hydroxylation is 2. The molecule has 0 radical (unpaired) electrons. The lowest BCUT2D eigenvalue weighted by molar-refractivity contribution is -0.120. The first kappa shape index (κ1) is 27.0. The van der Waals surface area contributed by atoms with Gasteiger partial charge in [-0.05, 0) is 78.6 Å². The van der Waals surface area contributed by atoms with Gasteiger partial charge < -0.3 is 9.64 Å². The number of fused-ring (bicyclic) bond motifs is 1. The van der Waals surface area contributed by atoms with Crippen LogP contribution in [0.1, 0.15) is 86.5 Å². The van der Waals surface area contributed by atoms with Crippen LogP contribution in [0.2, 0.25) is 0 Å². The Bertz CT molecular complexity index is 1140. The fourth-order valence-corrected chi connectivity index (χ4v) is 5.47. The number of hydrogen-bond donors (Lipinski definition) is 0. The molecule has 4 rings (SSSR count). The average Bonchev–Trinajstić information content (AvgIpc) is 2.94. The maximum absolute atomic E-state index is 14.2. The molecule has 1 atom stereocenters. The third-order valence-electron chi connectivity index (χ3n) is 7.76. The third kappa shape index (κ3) is 7.28. The van der Waals surface area contributed by atoms with Gasteiger partial charge in [0.2, 0.25) is 5.91 Å². The van der Waals surface area contributed by atoms with Crippen molar-refractivity contribution in [1.29, 1.82) is 0 Å². The largest absolute Gasteiger partial charge is 0.497 e. The molecule has 3 aromatic rings. The molecule has 1 unspecified atom stereocenters. The van der Waals surface area contributed by atoms with E-state index in [1.807, 2.05) is 11.0 Å². The van der Waals surface area contributed by atoms with Crippen molar-refractivity contribution in [1.82, 2.24) is 0 Å². The Balaban J connectivity index is 1.54. The second kappa shape index (κ2) is 13.5. The van der Waals surface area contributed by atoms with Crippen LogP contribution in [0.25, 0.3) is 0 Å².